The fraction of sp³-hybridized carbons (Fsp3) is 0.286. The van der Waals surface area contributed by atoms with Crippen molar-refractivity contribution in [3.05, 3.63) is 64.4 Å². The number of carbonyl (C=O) groups is 2. The lowest BCUT2D eigenvalue weighted by Crippen LogP contribution is -2.50. The van der Waals surface area contributed by atoms with Crippen molar-refractivity contribution in [3.63, 3.8) is 0 Å². The van der Waals surface area contributed by atoms with Gasteiger partial charge in [-0.2, -0.15) is 0 Å². The SMILES string of the molecule is CCOc1ccc2c(C(=O)N3CCN(C(=O)c4ccco4)CC3)cc(=O)oc2c1. The fourth-order valence-corrected chi connectivity index (χ4v) is 3.42. The van der Waals surface area contributed by atoms with Crippen LogP contribution in [0.3, 0.4) is 0 Å². The van der Waals surface area contributed by atoms with Crippen molar-refractivity contribution in [3.8, 4) is 5.75 Å². The average molecular weight is 396 g/mol. The molecular weight excluding hydrogens is 376 g/mol. The van der Waals surface area contributed by atoms with E-state index in [2.05, 4.69) is 0 Å². The zero-order valence-corrected chi connectivity index (χ0v) is 15.9. The average Bonchev–Trinajstić information content (AvgIpc) is 3.27. The lowest BCUT2D eigenvalue weighted by Gasteiger charge is -2.34. The Balaban J connectivity index is 1.53. The van der Waals surface area contributed by atoms with Gasteiger partial charge >= 0.3 is 5.63 Å². The third kappa shape index (κ3) is 3.73. The molecule has 8 heteroatoms. The minimum Gasteiger partial charge on any atom is -0.494 e. The number of piperazine rings is 1. The van der Waals surface area contributed by atoms with E-state index in [-0.39, 0.29) is 23.1 Å². The molecule has 150 valence electrons. The van der Waals surface area contributed by atoms with Crippen LogP contribution in [-0.4, -0.2) is 54.4 Å². The smallest absolute Gasteiger partial charge is 0.337 e. The molecule has 3 heterocycles. The molecule has 0 radical (unpaired) electrons. The van der Waals surface area contributed by atoms with Crippen molar-refractivity contribution in [1.82, 2.24) is 9.80 Å². The van der Waals surface area contributed by atoms with E-state index in [9.17, 15) is 14.4 Å². The topological polar surface area (TPSA) is 93.2 Å². The molecule has 3 aromatic rings. The van der Waals surface area contributed by atoms with E-state index in [1.54, 1.807) is 40.1 Å². The third-order valence-electron chi connectivity index (χ3n) is 4.84. The van der Waals surface area contributed by atoms with Gasteiger partial charge in [-0.1, -0.05) is 0 Å². The number of benzene rings is 1. The molecule has 0 atom stereocenters. The summed E-state index contributed by atoms with van der Waals surface area (Å²) in [6.45, 7) is 3.85. The highest BCUT2D eigenvalue weighted by molar-refractivity contribution is 6.05. The van der Waals surface area contributed by atoms with Gasteiger partial charge in [-0.3, -0.25) is 9.59 Å². The minimum absolute atomic E-state index is 0.198. The molecule has 1 fully saturated rings. The number of hydrogen-bond donors (Lipinski definition) is 0. The fourth-order valence-electron chi connectivity index (χ4n) is 3.42. The van der Waals surface area contributed by atoms with E-state index in [1.165, 1.54) is 12.3 Å². The highest BCUT2D eigenvalue weighted by atomic mass is 16.5. The summed E-state index contributed by atoms with van der Waals surface area (Å²) in [6.07, 6.45) is 1.45. The summed E-state index contributed by atoms with van der Waals surface area (Å²) >= 11 is 0. The predicted molar refractivity (Wildman–Crippen MR) is 104 cm³/mol. The van der Waals surface area contributed by atoms with Crippen molar-refractivity contribution < 1.29 is 23.2 Å². The standard InChI is InChI=1S/C21H20N2O6/c1-2-27-14-5-6-15-16(13-19(24)29-18(15)12-14)20(25)22-7-9-23(10-8-22)21(26)17-4-3-11-28-17/h3-6,11-13H,2,7-10H2,1H3. The second-order valence-corrected chi connectivity index (χ2v) is 6.63. The van der Waals surface area contributed by atoms with Crippen LogP contribution >= 0.6 is 0 Å². The molecule has 0 spiro atoms. The second kappa shape index (κ2) is 7.83. The number of furan rings is 1. The largest absolute Gasteiger partial charge is 0.494 e. The molecule has 1 saturated heterocycles. The van der Waals surface area contributed by atoms with E-state index in [1.807, 2.05) is 6.92 Å². The Hall–Kier alpha value is -3.55. The lowest BCUT2D eigenvalue weighted by molar-refractivity contribution is 0.0519. The number of fused-ring (bicyclic) bond motifs is 1. The first-order chi connectivity index (χ1) is 14.1. The summed E-state index contributed by atoms with van der Waals surface area (Å²) in [5.74, 6) is 0.382. The maximum Gasteiger partial charge on any atom is 0.337 e. The van der Waals surface area contributed by atoms with E-state index in [0.717, 1.165) is 0 Å². The van der Waals surface area contributed by atoms with Gasteiger partial charge in [-0.15, -0.1) is 0 Å². The van der Waals surface area contributed by atoms with Crippen LogP contribution in [-0.2, 0) is 0 Å². The van der Waals surface area contributed by atoms with Gasteiger partial charge in [0, 0.05) is 43.7 Å². The summed E-state index contributed by atoms with van der Waals surface area (Å²) in [5.41, 5.74) is -0.00956. The van der Waals surface area contributed by atoms with E-state index in [4.69, 9.17) is 13.6 Å². The number of rotatable bonds is 4. The van der Waals surface area contributed by atoms with Gasteiger partial charge in [0.15, 0.2) is 5.76 Å². The van der Waals surface area contributed by atoms with E-state index in [0.29, 0.717) is 49.5 Å². The van der Waals surface area contributed by atoms with Crippen molar-refractivity contribution >= 4 is 22.8 Å². The molecule has 8 nitrogen and oxygen atoms in total. The predicted octanol–water partition coefficient (Wildman–Crippen LogP) is 2.38. The monoisotopic (exact) mass is 396 g/mol. The number of amides is 2. The summed E-state index contributed by atoms with van der Waals surface area (Å²) in [5, 5.41) is 0.548. The Morgan fingerprint density at radius 2 is 1.76 bits per heavy atom. The molecular formula is C21H20N2O6. The Morgan fingerprint density at radius 1 is 1.03 bits per heavy atom. The van der Waals surface area contributed by atoms with Crippen LogP contribution < -0.4 is 10.4 Å². The Bertz CT molecular complexity index is 1090. The quantitative estimate of drug-likeness (QED) is 0.629. The molecule has 4 rings (SSSR count). The first-order valence-electron chi connectivity index (χ1n) is 9.39. The summed E-state index contributed by atoms with van der Waals surface area (Å²) in [6, 6.07) is 9.56. The highest BCUT2D eigenvalue weighted by Crippen LogP contribution is 2.24. The van der Waals surface area contributed by atoms with Crippen LogP contribution in [0.25, 0.3) is 11.0 Å². The summed E-state index contributed by atoms with van der Waals surface area (Å²) < 4.78 is 15.8. The Labute approximate surface area is 166 Å². The van der Waals surface area contributed by atoms with Gasteiger partial charge in [-0.05, 0) is 31.2 Å². The van der Waals surface area contributed by atoms with Crippen molar-refractivity contribution in [2.45, 2.75) is 6.92 Å². The minimum atomic E-state index is -0.596. The van der Waals surface area contributed by atoms with Gasteiger partial charge in [0.2, 0.25) is 0 Å². The van der Waals surface area contributed by atoms with Crippen LogP contribution in [0.1, 0.15) is 27.8 Å². The van der Waals surface area contributed by atoms with Gasteiger partial charge in [0.05, 0.1) is 18.4 Å². The van der Waals surface area contributed by atoms with Crippen molar-refractivity contribution in [1.29, 1.82) is 0 Å². The Kier molecular flexibility index (Phi) is 5.07. The molecule has 1 aliphatic rings. The molecule has 1 aliphatic heterocycles. The van der Waals surface area contributed by atoms with Crippen molar-refractivity contribution in [2.75, 3.05) is 32.8 Å². The van der Waals surface area contributed by atoms with Crippen LogP contribution in [0.2, 0.25) is 0 Å². The number of nitrogens with zero attached hydrogens (tertiary/aromatic N) is 2. The van der Waals surface area contributed by atoms with E-state index < -0.39 is 5.63 Å². The first-order valence-corrected chi connectivity index (χ1v) is 9.39. The molecule has 1 aromatic carbocycles. The zero-order chi connectivity index (χ0) is 20.4. The van der Waals surface area contributed by atoms with Crippen LogP contribution in [0.4, 0.5) is 0 Å². The van der Waals surface area contributed by atoms with Gasteiger partial charge in [0.25, 0.3) is 11.8 Å². The lowest BCUT2D eigenvalue weighted by atomic mass is 10.1. The zero-order valence-electron chi connectivity index (χ0n) is 15.9. The third-order valence-corrected chi connectivity index (χ3v) is 4.84. The summed E-state index contributed by atoms with van der Waals surface area (Å²) in [7, 11) is 0. The normalized spacial score (nSPS) is 14.2. The number of hydrogen-bond acceptors (Lipinski definition) is 6. The maximum absolute atomic E-state index is 13.1. The van der Waals surface area contributed by atoms with Crippen molar-refractivity contribution in [2.24, 2.45) is 0 Å². The molecule has 2 aromatic heterocycles. The van der Waals surface area contributed by atoms with Crippen LogP contribution in [0.15, 0.2) is 56.3 Å². The number of carbonyl (C=O) groups excluding carboxylic acids is 2. The van der Waals surface area contributed by atoms with E-state index >= 15 is 0 Å². The van der Waals surface area contributed by atoms with Gasteiger partial charge in [0.1, 0.15) is 11.3 Å². The molecule has 0 unspecified atom stereocenters. The summed E-state index contributed by atoms with van der Waals surface area (Å²) in [4.78, 5) is 40.7. The molecule has 29 heavy (non-hydrogen) atoms. The molecule has 2 amide bonds. The molecule has 0 saturated carbocycles. The molecule has 0 bridgehead atoms. The number of ether oxygens (including phenoxy) is 1. The molecule has 0 N–H and O–H groups in total. The second-order valence-electron chi connectivity index (χ2n) is 6.63. The van der Waals surface area contributed by atoms with Gasteiger partial charge in [-0.25, -0.2) is 4.79 Å². The van der Waals surface area contributed by atoms with Crippen LogP contribution in [0, 0.1) is 0 Å². The van der Waals surface area contributed by atoms with Gasteiger partial charge < -0.3 is 23.4 Å². The highest BCUT2D eigenvalue weighted by Gasteiger charge is 2.27. The Morgan fingerprint density at radius 3 is 2.41 bits per heavy atom. The molecule has 0 aliphatic carbocycles. The first kappa shape index (κ1) is 18.8. The maximum atomic E-state index is 13.1. The van der Waals surface area contributed by atoms with Crippen LogP contribution in [0.5, 0.6) is 5.75 Å².